The predicted molar refractivity (Wildman–Crippen MR) is 87.6 cm³/mol. The molecule has 0 bridgehead atoms. The zero-order chi connectivity index (χ0) is 14.8. The van der Waals surface area contributed by atoms with E-state index in [9.17, 15) is 0 Å². The van der Waals surface area contributed by atoms with E-state index in [0.717, 1.165) is 18.5 Å². The maximum Gasteiger partial charge on any atom is 0.129 e. The molecule has 4 heteroatoms. The summed E-state index contributed by atoms with van der Waals surface area (Å²) in [5, 5.41) is 1.80. The average molecular weight is 300 g/mol. The molecular formula is C17H18ClN3. The number of halogens is 1. The minimum absolute atomic E-state index is 0.154. The second-order valence-electron chi connectivity index (χ2n) is 5.47. The summed E-state index contributed by atoms with van der Waals surface area (Å²) in [5.41, 5.74) is 9.61. The van der Waals surface area contributed by atoms with Gasteiger partial charge in [0.15, 0.2) is 0 Å². The lowest BCUT2D eigenvalue weighted by Gasteiger charge is -2.05. The molecule has 21 heavy (non-hydrogen) atoms. The summed E-state index contributed by atoms with van der Waals surface area (Å²) < 4.78 is 2.25. The Hall–Kier alpha value is -1.84. The molecule has 0 saturated carbocycles. The first-order chi connectivity index (χ1) is 10.1. The van der Waals surface area contributed by atoms with Gasteiger partial charge in [-0.1, -0.05) is 35.9 Å². The fraction of sp³-hybridized carbons (Fsp3) is 0.235. The van der Waals surface area contributed by atoms with Gasteiger partial charge in [0.05, 0.1) is 0 Å². The number of aromatic nitrogens is 2. The Labute approximate surface area is 129 Å². The summed E-state index contributed by atoms with van der Waals surface area (Å²) in [6, 6.07) is 12.4. The molecule has 3 nitrogen and oxygen atoms in total. The van der Waals surface area contributed by atoms with E-state index in [1.807, 2.05) is 25.3 Å². The molecule has 108 valence electrons. The van der Waals surface area contributed by atoms with Crippen LogP contribution in [0.15, 0.2) is 48.8 Å². The smallest absolute Gasteiger partial charge is 0.129 e. The molecule has 0 amide bonds. The van der Waals surface area contributed by atoms with Crippen molar-refractivity contribution in [2.24, 2.45) is 5.73 Å². The highest BCUT2D eigenvalue weighted by molar-refractivity contribution is 6.29. The first-order valence-corrected chi connectivity index (χ1v) is 7.44. The Kier molecular flexibility index (Phi) is 3.95. The molecule has 0 saturated heterocycles. The van der Waals surface area contributed by atoms with Gasteiger partial charge in [0.1, 0.15) is 5.15 Å². The Morgan fingerprint density at radius 1 is 1.24 bits per heavy atom. The van der Waals surface area contributed by atoms with Crippen LogP contribution < -0.4 is 5.73 Å². The van der Waals surface area contributed by atoms with E-state index in [4.69, 9.17) is 17.3 Å². The van der Waals surface area contributed by atoms with Crippen LogP contribution in [0.3, 0.4) is 0 Å². The van der Waals surface area contributed by atoms with Crippen molar-refractivity contribution >= 4 is 22.5 Å². The van der Waals surface area contributed by atoms with Crippen LogP contribution in [0.1, 0.15) is 18.1 Å². The summed E-state index contributed by atoms with van der Waals surface area (Å²) in [6.45, 7) is 2.82. The monoisotopic (exact) mass is 299 g/mol. The van der Waals surface area contributed by atoms with Crippen LogP contribution in [-0.2, 0) is 13.0 Å². The van der Waals surface area contributed by atoms with Crippen molar-refractivity contribution in [3.63, 3.8) is 0 Å². The normalized spacial score (nSPS) is 12.7. The van der Waals surface area contributed by atoms with Gasteiger partial charge in [-0.3, -0.25) is 0 Å². The van der Waals surface area contributed by atoms with Crippen molar-refractivity contribution in [2.45, 2.75) is 25.9 Å². The van der Waals surface area contributed by atoms with Crippen molar-refractivity contribution in [2.75, 3.05) is 0 Å². The van der Waals surface area contributed by atoms with Gasteiger partial charge in [-0.25, -0.2) is 4.98 Å². The first-order valence-electron chi connectivity index (χ1n) is 7.06. The molecule has 0 aliphatic heterocycles. The van der Waals surface area contributed by atoms with Crippen LogP contribution in [0.2, 0.25) is 5.15 Å². The van der Waals surface area contributed by atoms with E-state index in [-0.39, 0.29) is 6.04 Å². The maximum atomic E-state index is 5.96. The second-order valence-corrected chi connectivity index (χ2v) is 5.86. The van der Waals surface area contributed by atoms with E-state index in [0.29, 0.717) is 5.15 Å². The molecule has 0 fully saturated rings. The van der Waals surface area contributed by atoms with Crippen LogP contribution in [0, 0.1) is 0 Å². The molecule has 0 radical (unpaired) electrons. The van der Waals surface area contributed by atoms with Crippen LogP contribution in [-0.4, -0.2) is 15.6 Å². The molecule has 2 heterocycles. The number of nitrogens with zero attached hydrogens (tertiary/aromatic N) is 2. The molecular weight excluding hydrogens is 282 g/mol. The average Bonchev–Trinajstić information content (AvgIpc) is 2.79. The number of benzene rings is 1. The van der Waals surface area contributed by atoms with Gasteiger partial charge >= 0.3 is 0 Å². The van der Waals surface area contributed by atoms with Crippen molar-refractivity contribution in [1.29, 1.82) is 0 Å². The predicted octanol–water partition coefficient (Wildman–Crippen LogP) is 3.63. The highest BCUT2D eigenvalue weighted by atomic mass is 35.5. The topological polar surface area (TPSA) is 43.8 Å². The lowest BCUT2D eigenvalue weighted by Crippen LogP contribution is -2.17. The number of para-hydroxylation sites is 1. The van der Waals surface area contributed by atoms with Crippen LogP contribution in [0.4, 0.5) is 0 Å². The molecule has 3 aromatic rings. The van der Waals surface area contributed by atoms with E-state index in [1.54, 1.807) is 0 Å². The number of hydrogen-bond donors (Lipinski definition) is 1. The Morgan fingerprint density at radius 3 is 2.76 bits per heavy atom. The molecule has 2 N–H and O–H groups in total. The lowest BCUT2D eigenvalue weighted by atomic mass is 10.1. The SMILES string of the molecule is CC(N)Cc1cn(Cc2ccc(Cl)nc2)c2ccccc12. The number of fused-ring (bicyclic) bond motifs is 1. The summed E-state index contributed by atoms with van der Waals surface area (Å²) in [7, 11) is 0. The molecule has 0 aliphatic carbocycles. The third-order valence-corrected chi connectivity index (χ3v) is 3.78. The van der Waals surface area contributed by atoms with Gasteiger partial charge < -0.3 is 10.3 Å². The zero-order valence-electron chi connectivity index (χ0n) is 12.0. The summed E-state index contributed by atoms with van der Waals surface area (Å²) in [4.78, 5) is 4.14. The second kappa shape index (κ2) is 5.88. The largest absolute Gasteiger partial charge is 0.343 e. The minimum Gasteiger partial charge on any atom is -0.343 e. The molecule has 2 aromatic heterocycles. The van der Waals surface area contributed by atoms with Crippen molar-refractivity contribution in [3.8, 4) is 0 Å². The van der Waals surface area contributed by atoms with Gasteiger partial charge in [-0.2, -0.15) is 0 Å². The van der Waals surface area contributed by atoms with Crippen LogP contribution >= 0.6 is 11.6 Å². The first kappa shape index (κ1) is 14.1. The van der Waals surface area contributed by atoms with Gasteiger partial charge in [-0.15, -0.1) is 0 Å². The summed E-state index contributed by atoms with van der Waals surface area (Å²) in [6.07, 6.45) is 4.90. The molecule has 0 aliphatic rings. The Balaban J connectivity index is 2.00. The highest BCUT2D eigenvalue weighted by Crippen LogP contribution is 2.23. The third kappa shape index (κ3) is 3.09. The van der Waals surface area contributed by atoms with E-state index < -0.39 is 0 Å². The van der Waals surface area contributed by atoms with E-state index in [1.165, 1.54) is 16.5 Å². The van der Waals surface area contributed by atoms with E-state index in [2.05, 4.69) is 40.0 Å². The van der Waals surface area contributed by atoms with Gasteiger partial charge in [0.2, 0.25) is 0 Å². The fourth-order valence-corrected chi connectivity index (χ4v) is 2.77. The quantitative estimate of drug-likeness (QED) is 0.748. The maximum absolute atomic E-state index is 5.96. The third-order valence-electron chi connectivity index (χ3n) is 3.55. The number of pyridine rings is 1. The summed E-state index contributed by atoms with van der Waals surface area (Å²) in [5.74, 6) is 0. The van der Waals surface area contributed by atoms with Gasteiger partial charge in [-0.05, 0) is 36.6 Å². The lowest BCUT2D eigenvalue weighted by molar-refractivity contribution is 0.734. The Bertz CT molecular complexity index is 744. The minimum atomic E-state index is 0.154. The molecule has 1 atom stereocenters. The van der Waals surface area contributed by atoms with Crippen molar-refractivity contribution in [3.05, 3.63) is 65.1 Å². The molecule has 0 spiro atoms. The van der Waals surface area contributed by atoms with Gasteiger partial charge in [0.25, 0.3) is 0 Å². The number of hydrogen-bond acceptors (Lipinski definition) is 2. The van der Waals surface area contributed by atoms with Crippen molar-refractivity contribution in [1.82, 2.24) is 9.55 Å². The Morgan fingerprint density at radius 2 is 2.05 bits per heavy atom. The molecule has 1 unspecified atom stereocenters. The molecule has 3 rings (SSSR count). The van der Waals surface area contributed by atoms with Gasteiger partial charge in [0, 0.05) is 35.9 Å². The molecule has 1 aromatic carbocycles. The van der Waals surface area contributed by atoms with Crippen molar-refractivity contribution < 1.29 is 0 Å². The standard InChI is InChI=1S/C17H18ClN3/c1-12(19)8-14-11-21(16-5-3-2-4-15(14)16)10-13-6-7-17(18)20-9-13/h2-7,9,11-12H,8,10,19H2,1H3. The fourth-order valence-electron chi connectivity index (χ4n) is 2.66. The highest BCUT2D eigenvalue weighted by Gasteiger charge is 2.10. The zero-order valence-corrected chi connectivity index (χ0v) is 12.7. The van der Waals surface area contributed by atoms with Crippen LogP contribution in [0.5, 0.6) is 0 Å². The van der Waals surface area contributed by atoms with E-state index >= 15 is 0 Å². The number of rotatable bonds is 4. The summed E-state index contributed by atoms with van der Waals surface area (Å²) >= 11 is 5.84. The van der Waals surface area contributed by atoms with Crippen LogP contribution in [0.25, 0.3) is 10.9 Å². The number of nitrogens with two attached hydrogens (primary N) is 1.